The average molecular weight is 325 g/mol. The van der Waals surface area contributed by atoms with Gasteiger partial charge in [0.05, 0.1) is 7.11 Å². The van der Waals surface area contributed by atoms with Crippen molar-refractivity contribution < 1.29 is 14.2 Å². The zero-order valence-electron chi connectivity index (χ0n) is 14.0. The molecule has 0 heterocycles. The normalized spacial score (nSPS) is 16.0. The fourth-order valence-electron chi connectivity index (χ4n) is 3.03. The molecule has 0 unspecified atom stereocenters. The van der Waals surface area contributed by atoms with Gasteiger partial charge in [-0.25, -0.2) is 4.74 Å². The number of nitrogens with zero attached hydrogens (tertiary/aromatic N) is 1. The van der Waals surface area contributed by atoms with Crippen LogP contribution in [0, 0.1) is 5.21 Å². The predicted molar refractivity (Wildman–Crippen MR) is 95.2 cm³/mol. The molecule has 4 heteroatoms. The Morgan fingerprint density at radius 3 is 2.38 bits per heavy atom. The van der Waals surface area contributed by atoms with Crippen molar-refractivity contribution in [3.63, 3.8) is 0 Å². The Labute approximate surface area is 142 Å². The van der Waals surface area contributed by atoms with Crippen LogP contribution in [0.15, 0.2) is 48.5 Å². The predicted octanol–water partition coefficient (Wildman–Crippen LogP) is 4.75. The topological polar surface area (TPSA) is 44.5 Å². The van der Waals surface area contributed by atoms with Gasteiger partial charge in [0.2, 0.25) is 0 Å². The highest BCUT2D eigenvalue weighted by molar-refractivity contribution is 5.76. The van der Waals surface area contributed by atoms with E-state index in [1.807, 2.05) is 48.5 Å². The fourth-order valence-corrected chi connectivity index (χ4v) is 3.03. The third-order valence-corrected chi connectivity index (χ3v) is 4.36. The van der Waals surface area contributed by atoms with E-state index in [2.05, 4.69) is 0 Å². The summed E-state index contributed by atoms with van der Waals surface area (Å²) in [5, 5.41) is 12.3. The van der Waals surface area contributed by atoms with Crippen LogP contribution in [0.3, 0.4) is 0 Å². The van der Waals surface area contributed by atoms with Gasteiger partial charge in [0, 0.05) is 18.4 Å². The molecular formula is C20H23NO3. The summed E-state index contributed by atoms with van der Waals surface area (Å²) in [7, 11) is 1.64. The molecule has 0 spiro atoms. The summed E-state index contributed by atoms with van der Waals surface area (Å²) < 4.78 is 12.1. The first-order chi connectivity index (χ1) is 11.7. The van der Waals surface area contributed by atoms with Crippen LogP contribution in [0.1, 0.15) is 37.7 Å². The molecule has 0 amide bonds. The molecule has 126 valence electrons. The summed E-state index contributed by atoms with van der Waals surface area (Å²) >= 11 is 0. The minimum Gasteiger partial charge on any atom is -0.624 e. The lowest BCUT2D eigenvalue weighted by Gasteiger charge is -2.20. The first kappa shape index (κ1) is 16.4. The second kappa shape index (κ2) is 7.86. The molecule has 0 N–H and O–H groups in total. The molecular weight excluding hydrogens is 302 g/mol. The number of hydroxylamine groups is 1. The van der Waals surface area contributed by atoms with Crippen molar-refractivity contribution in [1.29, 1.82) is 0 Å². The van der Waals surface area contributed by atoms with Gasteiger partial charge >= 0.3 is 0 Å². The van der Waals surface area contributed by atoms with Crippen molar-refractivity contribution in [3.05, 3.63) is 59.3 Å². The highest BCUT2D eigenvalue weighted by atomic mass is 16.5. The Hall–Kier alpha value is -2.49. The minimum absolute atomic E-state index is 0.116. The Balaban J connectivity index is 1.71. The van der Waals surface area contributed by atoms with Crippen molar-refractivity contribution in [1.82, 2.24) is 0 Å². The number of rotatable bonds is 5. The van der Waals surface area contributed by atoms with Gasteiger partial charge in [0.25, 0.3) is 0 Å². The van der Waals surface area contributed by atoms with Gasteiger partial charge in [-0.15, -0.1) is 0 Å². The maximum absolute atomic E-state index is 12.3. The molecule has 1 aliphatic carbocycles. The van der Waals surface area contributed by atoms with E-state index in [-0.39, 0.29) is 6.04 Å². The number of benzene rings is 2. The molecule has 0 saturated heterocycles. The van der Waals surface area contributed by atoms with Gasteiger partial charge in [0.15, 0.2) is 12.3 Å². The van der Waals surface area contributed by atoms with Crippen LogP contribution in [-0.2, 0) is 0 Å². The van der Waals surface area contributed by atoms with E-state index < -0.39 is 0 Å². The minimum atomic E-state index is 0.116. The lowest BCUT2D eigenvalue weighted by Crippen LogP contribution is -2.25. The molecule has 4 nitrogen and oxygen atoms in total. The molecule has 2 aromatic carbocycles. The highest BCUT2D eigenvalue weighted by Crippen LogP contribution is 2.24. The monoisotopic (exact) mass is 325 g/mol. The van der Waals surface area contributed by atoms with E-state index in [4.69, 9.17) is 9.47 Å². The van der Waals surface area contributed by atoms with Crippen molar-refractivity contribution in [2.75, 3.05) is 7.11 Å². The molecule has 0 atom stereocenters. The summed E-state index contributed by atoms with van der Waals surface area (Å²) in [6.07, 6.45) is 7.20. The number of hydrogen-bond acceptors (Lipinski definition) is 3. The Bertz CT molecular complexity index is 688. The summed E-state index contributed by atoms with van der Waals surface area (Å²) in [5.74, 6) is 2.24. The maximum atomic E-state index is 12.3. The molecule has 0 aliphatic heterocycles. The highest BCUT2D eigenvalue weighted by Gasteiger charge is 2.19. The lowest BCUT2D eigenvalue weighted by atomic mass is 9.96. The Morgan fingerprint density at radius 2 is 1.67 bits per heavy atom. The molecule has 1 saturated carbocycles. The third-order valence-electron chi connectivity index (χ3n) is 4.36. The summed E-state index contributed by atoms with van der Waals surface area (Å²) in [6.45, 7) is 0. The largest absolute Gasteiger partial charge is 0.624 e. The molecule has 24 heavy (non-hydrogen) atoms. The van der Waals surface area contributed by atoms with Gasteiger partial charge in [-0.1, -0.05) is 12.5 Å². The van der Waals surface area contributed by atoms with Gasteiger partial charge in [-0.2, -0.15) is 0 Å². The summed E-state index contributed by atoms with van der Waals surface area (Å²) in [4.78, 5) is 0. The van der Waals surface area contributed by atoms with E-state index in [0.29, 0.717) is 5.75 Å². The maximum Gasteiger partial charge on any atom is 0.182 e. The smallest absolute Gasteiger partial charge is 0.182 e. The van der Waals surface area contributed by atoms with Crippen LogP contribution < -0.4 is 9.47 Å². The van der Waals surface area contributed by atoms with Gasteiger partial charge in [0.1, 0.15) is 17.2 Å². The second-order valence-electron chi connectivity index (χ2n) is 6.13. The summed E-state index contributed by atoms with van der Waals surface area (Å²) in [5.41, 5.74) is 0.863. The van der Waals surface area contributed by atoms with E-state index >= 15 is 0 Å². The first-order valence-corrected chi connectivity index (χ1v) is 8.47. The molecule has 2 aromatic rings. The molecule has 0 bridgehead atoms. The van der Waals surface area contributed by atoms with E-state index in [0.717, 1.165) is 47.5 Å². The van der Waals surface area contributed by atoms with Crippen LogP contribution in [0.2, 0.25) is 0 Å². The third kappa shape index (κ3) is 4.28. The standard InChI is InChI=1S/C20H23NO3/c1-23-18-10-12-19(13-11-18)24-20-9-5-6-16(14-20)15-21(22)17-7-3-2-4-8-17/h5-6,9-15,17H,2-4,7-8H2,1H3/b21-15-. The van der Waals surface area contributed by atoms with Crippen LogP contribution in [-0.4, -0.2) is 24.1 Å². The lowest BCUT2D eigenvalue weighted by molar-refractivity contribution is -0.500. The molecule has 3 rings (SSSR count). The quantitative estimate of drug-likeness (QED) is 0.345. The average Bonchev–Trinajstić information content (AvgIpc) is 2.63. The second-order valence-corrected chi connectivity index (χ2v) is 6.13. The van der Waals surface area contributed by atoms with E-state index in [9.17, 15) is 5.21 Å². The molecule has 1 aliphatic rings. The number of hydrogen-bond donors (Lipinski definition) is 0. The SMILES string of the molecule is COc1ccc(Oc2cccc(/C=[N+](\[O-])C3CCCCC3)c2)cc1. The van der Waals surface area contributed by atoms with E-state index in [1.54, 1.807) is 13.3 Å². The van der Waals surface area contributed by atoms with Gasteiger partial charge in [-0.3, -0.25) is 0 Å². The van der Waals surface area contributed by atoms with Crippen molar-refractivity contribution >= 4 is 6.21 Å². The zero-order valence-corrected chi connectivity index (χ0v) is 14.0. The van der Waals surface area contributed by atoms with Crippen LogP contribution in [0.5, 0.6) is 17.2 Å². The molecule has 0 radical (unpaired) electrons. The summed E-state index contributed by atoms with van der Waals surface area (Å²) in [6, 6.07) is 15.1. The Morgan fingerprint density at radius 1 is 0.958 bits per heavy atom. The number of ether oxygens (including phenoxy) is 2. The van der Waals surface area contributed by atoms with Crippen LogP contribution in [0.25, 0.3) is 0 Å². The van der Waals surface area contributed by atoms with Crippen molar-refractivity contribution in [2.24, 2.45) is 0 Å². The van der Waals surface area contributed by atoms with Gasteiger partial charge in [-0.05, 0) is 55.3 Å². The van der Waals surface area contributed by atoms with Crippen LogP contribution in [0.4, 0.5) is 0 Å². The van der Waals surface area contributed by atoms with Gasteiger partial charge < -0.3 is 14.7 Å². The molecule has 1 fully saturated rings. The van der Waals surface area contributed by atoms with Crippen molar-refractivity contribution in [3.8, 4) is 17.2 Å². The fraction of sp³-hybridized carbons (Fsp3) is 0.350. The Kier molecular flexibility index (Phi) is 5.36. The van der Waals surface area contributed by atoms with E-state index in [1.165, 1.54) is 6.42 Å². The zero-order chi connectivity index (χ0) is 16.8. The molecule has 0 aromatic heterocycles. The van der Waals surface area contributed by atoms with Crippen molar-refractivity contribution in [2.45, 2.75) is 38.1 Å². The number of methoxy groups -OCH3 is 1. The first-order valence-electron chi connectivity index (χ1n) is 8.47. The van der Waals surface area contributed by atoms with Crippen LogP contribution >= 0.6 is 0 Å².